The lowest BCUT2D eigenvalue weighted by Crippen LogP contribution is -2.40. The minimum absolute atomic E-state index is 0.133. The largest absolute Gasteiger partial charge is 0.507 e. The van der Waals surface area contributed by atoms with Gasteiger partial charge in [0, 0.05) is 25.1 Å². The van der Waals surface area contributed by atoms with Crippen molar-refractivity contribution in [1.82, 2.24) is 5.32 Å². The molecule has 4 atom stereocenters. The van der Waals surface area contributed by atoms with Crippen molar-refractivity contribution in [3.05, 3.63) is 65.9 Å². The molecule has 1 fully saturated rings. The zero-order chi connectivity index (χ0) is 22.9. The molecule has 3 rings (SSSR count). The maximum absolute atomic E-state index is 12.9. The molecule has 0 aliphatic carbocycles. The Morgan fingerprint density at radius 2 is 2.00 bits per heavy atom. The van der Waals surface area contributed by atoms with Crippen LogP contribution in [0.5, 0.6) is 5.75 Å². The van der Waals surface area contributed by atoms with E-state index in [0.717, 1.165) is 6.42 Å². The summed E-state index contributed by atoms with van der Waals surface area (Å²) >= 11 is 0. The molecule has 3 N–H and O–H groups in total. The lowest BCUT2D eigenvalue weighted by Gasteiger charge is -2.36. The highest BCUT2D eigenvalue weighted by molar-refractivity contribution is 5.94. The molecule has 0 saturated carbocycles. The van der Waals surface area contributed by atoms with E-state index in [-0.39, 0.29) is 29.4 Å². The predicted molar refractivity (Wildman–Crippen MR) is 120 cm³/mol. The summed E-state index contributed by atoms with van der Waals surface area (Å²) in [6.07, 6.45) is 11.7. The first-order chi connectivity index (χ1) is 15.5. The van der Waals surface area contributed by atoms with Gasteiger partial charge in [0.1, 0.15) is 17.4 Å². The van der Waals surface area contributed by atoms with E-state index in [9.17, 15) is 19.8 Å². The number of esters is 1. The third kappa shape index (κ3) is 6.80. The smallest absolute Gasteiger partial charge is 0.342 e. The molecule has 2 aliphatic rings. The summed E-state index contributed by atoms with van der Waals surface area (Å²) in [4.78, 5) is 24.7. The standard InChI is InChI=1S/C25H31NO6/c1-2-3-4-5-11-23(29)26-12-7-9-19-16-21-15-18(27)14-20(31-21)13-17-8-6-10-22(28)24(17)25(30)32-19/h3-8,10-12,18-21,27-28H,2,9,13-16H2,1H3,(H,26,29)/b4-3-,11-5-,12-7-/t18-,19-,20-,21+/m0/s1. The normalized spacial score (nSPS) is 26.2. The van der Waals surface area contributed by atoms with Crippen LogP contribution in [-0.2, 0) is 20.7 Å². The molecule has 0 aromatic heterocycles. The number of phenols is 1. The maximum Gasteiger partial charge on any atom is 0.342 e. The molecule has 7 heteroatoms. The fraction of sp³-hybridized carbons (Fsp3) is 0.440. The van der Waals surface area contributed by atoms with E-state index in [4.69, 9.17) is 9.47 Å². The number of amides is 1. The van der Waals surface area contributed by atoms with Crippen molar-refractivity contribution in [2.45, 2.75) is 69.9 Å². The van der Waals surface area contributed by atoms with E-state index in [0.29, 0.717) is 37.7 Å². The minimum Gasteiger partial charge on any atom is -0.507 e. The number of nitrogens with one attached hydrogen (secondary N) is 1. The number of ether oxygens (including phenoxy) is 2. The van der Waals surface area contributed by atoms with Gasteiger partial charge in [0.05, 0.1) is 18.3 Å². The van der Waals surface area contributed by atoms with Crippen LogP contribution in [0, 0.1) is 0 Å². The number of phenolic OH excluding ortho intramolecular Hbond substituents is 1. The first kappa shape index (κ1) is 23.8. The Labute approximate surface area is 188 Å². The molecule has 2 bridgehead atoms. The molecule has 172 valence electrons. The molecular weight excluding hydrogens is 410 g/mol. The van der Waals surface area contributed by atoms with Crippen molar-refractivity contribution in [3.8, 4) is 5.75 Å². The van der Waals surface area contributed by atoms with Crippen LogP contribution in [0.1, 0.15) is 54.9 Å². The topological polar surface area (TPSA) is 105 Å². The van der Waals surface area contributed by atoms with E-state index >= 15 is 0 Å². The van der Waals surface area contributed by atoms with E-state index < -0.39 is 18.2 Å². The number of benzene rings is 1. The molecule has 1 aromatic rings. The van der Waals surface area contributed by atoms with Crippen molar-refractivity contribution in [2.24, 2.45) is 0 Å². The highest BCUT2D eigenvalue weighted by Crippen LogP contribution is 2.32. The molecule has 1 saturated heterocycles. The average molecular weight is 442 g/mol. The monoisotopic (exact) mass is 441 g/mol. The maximum atomic E-state index is 12.9. The van der Waals surface area contributed by atoms with E-state index in [1.807, 2.05) is 19.1 Å². The van der Waals surface area contributed by atoms with E-state index in [2.05, 4.69) is 5.32 Å². The lowest BCUT2D eigenvalue weighted by molar-refractivity contribution is -0.115. The summed E-state index contributed by atoms with van der Waals surface area (Å²) in [5.74, 6) is -0.969. The number of aliphatic hydroxyl groups excluding tert-OH is 1. The highest BCUT2D eigenvalue weighted by Gasteiger charge is 2.34. The van der Waals surface area contributed by atoms with Gasteiger partial charge in [-0.05, 0) is 37.3 Å². The van der Waals surface area contributed by atoms with Gasteiger partial charge in [-0.3, -0.25) is 4.79 Å². The average Bonchev–Trinajstić information content (AvgIpc) is 2.73. The number of aliphatic hydroxyl groups is 1. The zero-order valence-corrected chi connectivity index (χ0v) is 18.3. The van der Waals surface area contributed by atoms with Gasteiger partial charge in [0.15, 0.2) is 0 Å². The molecule has 2 aliphatic heterocycles. The SMILES string of the molecule is CC/C=C\C=C/C(=O)N/C=C\C[C@H]1C[C@H]2C[C@@H](O)C[C@H](Cc3cccc(O)c3C(=O)O1)O2. The Kier molecular flexibility index (Phi) is 8.64. The number of cyclic esters (lactones) is 1. The Balaban J connectivity index is 1.70. The number of rotatable bonds is 6. The fourth-order valence-corrected chi connectivity index (χ4v) is 4.07. The highest BCUT2D eigenvalue weighted by atomic mass is 16.5. The van der Waals surface area contributed by atoms with Crippen LogP contribution in [0.15, 0.2) is 54.8 Å². The molecule has 0 spiro atoms. The second kappa shape index (κ2) is 11.6. The number of fused-ring (bicyclic) bond motifs is 3. The van der Waals surface area contributed by atoms with Gasteiger partial charge >= 0.3 is 5.97 Å². The Hall–Kier alpha value is -2.90. The van der Waals surface area contributed by atoms with Gasteiger partial charge in [-0.25, -0.2) is 4.79 Å². The predicted octanol–water partition coefficient (Wildman–Crippen LogP) is 3.31. The number of hydrogen-bond acceptors (Lipinski definition) is 6. The molecular formula is C25H31NO6. The minimum atomic E-state index is -0.577. The van der Waals surface area contributed by atoms with E-state index in [1.54, 1.807) is 24.3 Å². The van der Waals surface area contributed by atoms with Crippen molar-refractivity contribution >= 4 is 11.9 Å². The van der Waals surface area contributed by atoms with Crippen LogP contribution in [0.2, 0.25) is 0 Å². The second-order valence-corrected chi connectivity index (χ2v) is 8.13. The molecule has 2 heterocycles. The van der Waals surface area contributed by atoms with Crippen molar-refractivity contribution in [3.63, 3.8) is 0 Å². The van der Waals surface area contributed by atoms with Crippen molar-refractivity contribution in [2.75, 3.05) is 0 Å². The van der Waals surface area contributed by atoms with Crippen LogP contribution in [0.3, 0.4) is 0 Å². The van der Waals surface area contributed by atoms with Crippen molar-refractivity contribution in [1.29, 1.82) is 0 Å². The van der Waals surface area contributed by atoms with Gasteiger partial charge in [-0.2, -0.15) is 0 Å². The number of carbonyl (C=O) groups is 2. The van der Waals surface area contributed by atoms with Gasteiger partial charge in [-0.15, -0.1) is 0 Å². The van der Waals surface area contributed by atoms with Crippen molar-refractivity contribution < 1.29 is 29.3 Å². The number of aromatic hydroxyl groups is 1. The Morgan fingerprint density at radius 3 is 2.81 bits per heavy atom. The van der Waals surface area contributed by atoms with Gasteiger partial charge < -0.3 is 25.0 Å². The first-order valence-electron chi connectivity index (χ1n) is 11.1. The molecule has 32 heavy (non-hydrogen) atoms. The summed E-state index contributed by atoms with van der Waals surface area (Å²) < 4.78 is 11.9. The second-order valence-electron chi connectivity index (χ2n) is 8.13. The Morgan fingerprint density at radius 1 is 1.19 bits per heavy atom. The first-order valence-corrected chi connectivity index (χ1v) is 11.1. The van der Waals surface area contributed by atoms with Crippen LogP contribution in [0.25, 0.3) is 0 Å². The van der Waals surface area contributed by atoms with Crippen LogP contribution in [0.4, 0.5) is 0 Å². The quantitative estimate of drug-likeness (QED) is 0.355. The van der Waals surface area contributed by atoms with Crippen LogP contribution >= 0.6 is 0 Å². The summed E-state index contributed by atoms with van der Waals surface area (Å²) in [6.45, 7) is 2.01. The zero-order valence-electron chi connectivity index (χ0n) is 18.3. The number of carbonyl (C=O) groups excluding carboxylic acids is 2. The molecule has 0 radical (unpaired) electrons. The number of hydrogen-bond donors (Lipinski definition) is 3. The lowest BCUT2D eigenvalue weighted by atomic mass is 9.91. The summed E-state index contributed by atoms with van der Waals surface area (Å²) in [6, 6.07) is 4.91. The van der Waals surface area contributed by atoms with Crippen LogP contribution < -0.4 is 5.32 Å². The van der Waals surface area contributed by atoms with Crippen LogP contribution in [-0.4, -0.2) is 46.5 Å². The summed E-state index contributed by atoms with van der Waals surface area (Å²) in [5.41, 5.74) is 0.780. The Bertz CT molecular complexity index is 890. The van der Waals surface area contributed by atoms with Gasteiger partial charge in [0.25, 0.3) is 0 Å². The third-order valence-corrected chi connectivity index (χ3v) is 5.51. The fourth-order valence-electron chi connectivity index (χ4n) is 4.07. The molecule has 1 amide bonds. The molecule has 1 aromatic carbocycles. The third-order valence-electron chi connectivity index (χ3n) is 5.51. The summed E-state index contributed by atoms with van der Waals surface area (Å²) in [5, 5.41) is 23.2. The van der Waals surface area contributed by atoms with E-state index in [1.165, 1.54) is 18.3 Å². The number of allylic oxidation sites excluding steroid dienone is 3. The molecule has 0 unspecified atom stereocenters. The van der Waals surface area contributed by atoms with Gasteiger partial charge in [0.2, 0.25) is 5.91 Å². The summed E-state index contributed by atoms with van der Waals surface area (Å²) in [7, 11) is 0. The molecule has 7 nitrogen and oxygen atoms in total. The van der Waals surface area contributed by atoms with Gasteiger partial charge in [-0.1, -0.05) is 43.4 Å².